The van der Waals surface area contributed by atoms with Gasteiger partial charge in [-0.15, -0.1) is 0 Å². The van der Waals surface area contributed by atoms with Crippen LogP contribution in [-0.2, 0) is 11.3 Å². The molecule has 1 N–H and O–H groups in total. The largest absolute Gasteiger partial charge is 0.454 e. The second-order valence-electron chi connectivity index (χ2n) is 6.79. The van der Waals surface area contributed by atoms with Gasteiger partial charge in [-0.1, -0.05) is 12.1 Å². The topological polar surface area (TPSA) is 54.0 Å². The van der Waals surface area contributed by atoms with E-state index in [4.69, 9.17) is 9.47 Å². The number of nitrogens with zero attached hydrogens (tertiary/aromatic N) is 2. The Morgan fingerprint density at radius 1 is 1.00 bits per heavy atom. The fourth-order valence-electron chi connectivity index (χ4n) is 3.40. The van der Waals surface area contributed by atoms with E-state index in [2.05, 4.69) is 10.2 Å². The number of benzene rings is 2. The van der Waals surface area contributed by atoms with Gasteiger partial charge in [0.1, 0.15) is 17.3 Å². The highest BCUT2D eigenvalue weighted by Gasteiger charge is 2.22. The summed E-state index contributed by atoms with van der Waals surface area (Å²) >= 11 is 0. The van der Waals surface area contributed by atoms with Crippen molar-refractivity contribution in [3.05, 3.63) is 53.6 Å². The molecule has 4 rings (SSSR count). The Morgan fingerprint density at radius 3 is 2.46 bits per heavy atom. The predicted octanol–water partition coefficient (Wildman–Crippen LogP) is 2.45. The van der Waals surface area contributed by atoms with E-state index >= 15 is 0 Å². The van der Waals surface area contributed by atoms with Crippen LogP contribution in [-0.4, -0.2) is 55.2 Å². The number of piperazine rings is 1. The van der Waals surface area contributed by atoms with Crippen LogP contribution in [0.5, 0.6) is 11.5 Å². The van der Waals surface area contributed by atoms with Gasteiger partial charge in [-0.25, -0.2) is 8.78 Å². The van der Waals surface area contributed by atoms with Gasteiger partial charge in [0.25, 0.3) is 0 Å². The third-order valence-electron chi connectivity index (χ3n) is 4.95. The standard InChI is InChI=1S/C20H21F2N3O3/c21-15-2-1-3-16(22)20(15)23-11-19(26)25-8-6-24(7-9-25)12-14-4-5-17-18(10-14)28-13-27-17/h1-5,10,23H,6-9,11-13H2. The summed E-state index contributed by atoms with van der Waals surface area (Å²) in [5.41, 5.74) is 0.859. The van der Waals surface area contributed by atoms with Crippen LogP contribution >= 0.6 is 0 Å². The summed E-state index contributed by atoms with van der Waals surface area (Å²) in [4.78, 5) is 16.3. The number of rotatable bonds is 5. The number of halogens is 2. The lowest BCUT2D eigenvalue weighted by Crippen LogP contribution is -2.49. The lowest BCUT2D eigenvalue weighted by atomic mass is 10.1. The van der Waals surface area contributed by atoms with Crippen LogP contribution in [0.15, 0.2) is 36.4 Å². The highest BCUT2D eigenvalue weighted by Crippen LogP contribution is 2.32. The molecule has 6 nitrogen and oxygen atoms in total. The Labute approximate surface area is 161 Å². The highest BCUT2D eigenvalue weighted by molar-refractivity contribution is 5.81. The summed E-state index contributed by atoms with van der Waals surface area (Å²) in [5, 5.41) is 2.57. The van der Waals surface area contributed by atoms with Crippen LogP contribution in [0, 0.1) is 11.6 Å². The molecule has 0 aliphatic carbocycles. The molecule has 0 saturated carbocycles. The molecule has 1 amide bonds. The van der Waals surface area contributed by atoms with Crippen molar-refractivity contribution < 1.29 is 23.0 Å². The first-order valence-corrected chi connectivity index (χ1v) is 9.17. The molecule has 2 aromatic carbocycles. The minimum atomic E-state index is -0.707. The maximum atomic E-state index is 13.6. The van der Waals surface area contributed by atoms with Crippen molar-refractivity contribution >= 4 is 11.6 Å². The molecule has 0 spiro atoms. The van der Waals surface area contributed by atoms with Crippen LogP contribution in [0.25, 0.3) is 0 Å². The second-order valence-corrected chi connectivity index (χ2v) is 6.79. The molecule has 8 heteroatoms. The van der Waals surface area contributed by atoms with E-state index in [1.807, 2.05) is 18.2 Å². The van der Waals surface area contributed by atoms with Crippen molar-refractivity contribution in [1.82, 2.24) is 9.80 Å². The minimum Gasteiger partial charge on any atom is -0.454 e. The number of fused-ring (bicyclic) bond motifs is 1. The lowest BCUT2D eigenvalue weighted by Gasteiger charge is -2.35. The summed E-state index contributed by atoms with van der Waals surface area (Å²) in [6.07, 6.45) is 0. The molecule has 0 unspecified atom stereocenters. The van der Waals surface area contributed by atoms with Crippen LogP contribution in [0.2, 0.25) is 0 Å². The SMILES string of the molecule is O=C(CNc1c(F)cccc1F)N1CCN(Cc2ccc3c(c2)OCO3)CC1. The first-order chi connectivity index (χ1) is 13.6. The maximum absolute atomic E-state index is 13.6. The molecule has 2 aliphatic rings. The van der Waals surface area contributed by atoms with E-state index in [0.717, 1.165) is 48.8 Å². The first kappa shape index (κ1) is 18.5. The third-order valence-corrected chi connectivity index (χ3v) is 4.95. The molecule has 2 aromatic rings. The average molecular weight is 389 g/mol. The molecule has 0 radical (unpaired) electrons. The molecule has 2 heterocycles. The van der Waals surface area contributed by atoms with E-state index < -0.39 is 11.6 Å². The van der Waals surface area contributed by atoms with Gasteiger partial charge in [-0.05, 0) is 29.8 Å². The fourth-order valence-corrected chi connectivity index (χ4v) is 3.40. The number of carbonyl (C=O) groups is 1. The van der Waals surface area contributed by atoms with E-state index in [1.165, 1.54) is 6.07 Å². The Morgan fingerprint density at radius 2 is 1.71 bits per heavy atom. The van der Waals surface area contributed by atoms with Crippen molar-refractivity contribution in [1.29, 1.82) is 0 Å². The predicted molar refractivity (Wildman–Crippen MR) is 99.3 cm³/mol. The molecule has 0 aromatic heterocycles. The summed E-state index contributed by atoms with van der Waals surface area (Å²) in [6.45, 7) is 3.49. The molecule has 0 atom stereocenters. The Balaban J connectivity index is 1.26. The lowest BCUT2D eigenvalue weighted by molar-refractivity contribution is -0.131. The zero-order valence-corrected chi connectivity index (χ0v) is 15.3. The van der Waals surface area contributed by atoms with Gasteiger partial charge in [0, 0.05) is 32.7 Å². The summed E-state index contributed by atoms with van der Waals surface area (Å²) in [5.74, 6) is -0.0659. The van der Waals surface area contributed by atoms with E-state index in [-0.39, 0.29) is 24.9 Å². The number of carbonyl (C=O) groups excluding carboxylic acids is 1. The maximum Gasteiger partial charge on any atom is 0.241 e. The van der Waals surface area contributed by atoms with Gasteiger partial charge in [-0.2, -0.15) is 0 Å². The summed E-state index contributed by atoms with van der Waals surface area (Å²) < 4.78 is 38.0. The Hall–Kier alpha value is -2.87. The fraction of sp³-hybridized carbons (Fsp3) is 0.350. The zero-order chi connectivity index (χ0) is 19.5. The monoisotopic (exact) mass is 389 g/mol. The molecule has 1 fully saturated rings. The van der Waals surface area contributed by atoms with Crippen LogP contribution in [0.1, 0.15) is 5.56 Å². The number of nitrogens with one attached hydrogen (secondary N) is 1. The van der Waals surface area contributed by atoms with Gasteiger partial charge in [0.2, 0.25) is 12.7 Å². The number of anilines is 1. The van der Waals surface area contributed by atoms with Gasteiger partial charge >= 0.3 is 0 Å². The molecular weight excluding hydrogens is 368 g/mol. The molecule has 0 bridgehead atoms. The van der Waals surface area contributed by atoms with Crippen LogP contribution in [0.4, 0.5) is 14.5 Å². The molecular formula is C20H21F2N3O3. The van der Waals surface area contributed by atoms with Gasteiger partial charge in [0.05, 0.1) is 6.54 Å². The van der Waals surface area contributed by atoms with Crippen molar-refractivity contribution in [2.45, 2.75) is 6.54 Å². The quantitative estimate of drug-likeness (QED) is 0.852. The average Bonchev–Trinajstić information content (AvgIpc) is 3.16. The number of hydrogen-bond donors (Lipinski definition) is 1. The van der Waals surface area contributed by atoms with Gasteiger partial charge in [0.15, 0.2) is 11.5 Å². The van der Waals surface area contributed by atoms with E-state index in [1.54, 1.807) is 4.90 Å². The van der Waals surface area contributed by atoms with Gasteiger partial charge < -0.3 is 19.7 Å². The number of para-hydroxylation sites is 1. The summed E-state index contributed by atoms with van der Waals surface area (Å²) in [7, 11) is 0. The van der Waals surface area contributed by atoms with Gasteiger partial charge in [-0.3, -0.25) is 9.69 Å². The van der Waals surface area contributed by atoms with E-state index in [0.29, 0.717) is 13.1 Å². The van der Waals surface area contributed by atoms with Crippen molar-refractivity contribution in [3.63, 3.8) is 0 Å². The second kappa shape index (κ2) is 8.02. The Bertz CT molecular complexity index is 850. The molecule has 2 aliphatic heterocycles. The first-order valence-electron chi connectivity index (χ1n) is 9.17. The van der Waals surface area contributed by atoms with Crippen molar-refractivity contribution in [3.8, 4) is 11.5 Å². The smallest absolute Gasteiger partial charge is 0.241 e. The number of amides is 1. The molecule has 1 saturated heterocycles. The third kappa shape index (κ3) is 4.01. The summed E-state index contributed by atoms with van der Waals surface area (Å²) in [6, 6.07) is 9.50. The number of hydrogen-bond acceptors (Lipinski definition) is 5. The van der Waals surface area contributed by atoms with Crippen molar-refractivity contribution in [2.75, 3.05) is 44.8 Å². The van der Waals surface area contributed by atoms with Crippen molar-refractivity contribution in [2.24, 2.45) is 0 Å². The van der Waals surface area contributed by atoms with Crippen LogP contribution in [0.3, 0.4) is 0 Å². The molecule has 28 heavy (non-hydrogen) atoms. The van der Waals surface area contributed by atoms with E-state index in [9.17, 15) is 13.6 Å². The minimum absolute atomic E-state index is 0.139. The Kier molecular flexibility index (Phi) is 5.29. The highest BCUT2D eigenvalue weighted by atomic mass is 19.1. The number of ether oxygens (including phenoxy) is 2. The molecule has 148 valence electrons. The normalized spacial score (nSPS) is 16.3. The van der Waals surface area contributed by atoms with Crippen LogP contribution < -0.4 is 14.8 Å². The zero-order valence-electron chi connectivity index (χ0n) is 15.3.